The zero-order valence-corrected chi connectivity index (χ0v) is 20.1. The molecule has 1 atom stereocenters. The van der Waals surface area contributed by atoms with Crippen molar-refractivity contribution in [3.05, 3.63) is 58.7 Å². The predicted octanol–water partition coefficient (Wildman–Crippen LogP) is 2.34. The summed E-state index contributed by atoms with van der Waals surface area (Å²) in [7, 11) is 4.26. The number of fused-ring (bicyclic) bond motifs is 1. The molecule has 1 unspecified atom stereocenters. The SMILES string of the molecule is Cc1ccc(NC(=O)C(=O)NCC(c2ccc3c(c2)CCN3C)N2CCN(C)CC2)cc1C. The molecule has 1 saturated heterocycles. The molecular formula is C26H35N5O2. The van der Waals surface area contributed by atoms with Crippen LogP contribution in [0.25, 0.3) is 0 Å². The van der Waals surface area contributed by atoms with Gasteiger partial charge in [0.25, 0.3) is 0 Å². The Bertz CT molecular complexity index is 1030. The summed E-state index contributed by atoms with van der Waals surface area (Å²) in [5.74, 6) is -1.24. The second-order valence-corrected chi connectivity index (χ2v) is 9.38. The first-order valence-corrected chi connectivity index (χ1v) is 11.7. The molecule has 2 N–H and O–H groups in total. The van der Waals surface area contributed by atoms with Gasteiger partial charge in [-0.15, -0.1) is 0 Å². The number of carbonyl (C=O) groups is 2. The molecule has 2 amide bonds. The van der Waals surface area contributed by atoms with E-state index in [2.05, 4.69) is 57.6 Å². The highest BCUT2D eigenvalue weighted by atomic mass is 16.2. The molecule has 0 aromatic heterocycles. The third kappa shape index (κ3) is 5.37. The Morgan fingerprint density at radius 1 is 0.909 bits per heavy atom. The highest BCUT2D eigenvalue weighted by molar-refractivity contribution is 6.39. The van der Waals surface area contributed by atoms with E-state index in [-0.39, 0.29) is 6.04 Å². The van der Waals surface area contributed by atoms with Gasteiger partial charge in [-0.3, -0.25) is 14.5 Å². The van der Waals surface area contributed by atoms with E-state index < -0.39 is 11.8 Å². The van der Waals surface area contributed by atoms with E-state index in [0.717, 1.165) is 50.3 Å². The summed E-state index contributed by atoms with van der Waals surface area (Å²) < 4.78 is 0. The van der Waals surface area contributed by atoms with Crippen LogP contribution in [0.3, 0.4) is 0 Å². The molecule has 7 nitrogen and oxygen atoms in total. The van der Waals surface area contributed by atoms with Crippen molar-refractivity contribution in [1.29, 1.82) is 0 Å². The van der Waals surface area contributed by atoms with Crippen LogP contribution in [0.5, 0.6) is 0 Å². The fourth-order valence-electron chi connectivity index (χ4n) is 4.66. The third-order valence-electron chi connectivity index (χ3n) is 7.02. The number of hydrogen-bond donors (Lipinski definition) is 2. The maximum Gasteiger partial charge on any atom is 0.313 e. The number of benzene rings is 2. The first-order valence-electron chi connectivity index (χ1n) is 11.7. The molecule has 2 aliphatic heterocycles. The molecule has 0 spiro atoms. The van der Waals surface area contributed by atoms with Gasteiger partial charge in [0.05, 0.1) is 6.04 Å². The van der Waals surface area contributed by atoms with E-state index in [0.29, 0.717) is 12.2 Å². The largest absolute Gasteiger partial charge is 0.374 e. The van der Waals surface area contributed by atoms with Crippen molar-refractivity contribution in [3.63, 3.8) is 0 Å². The monoisotopic (exact) mass is 449 g/mol. The van der Waals surface area contributed by atoms with Gasteiger partial charge in [0.2, 0.25) is 0 Å². The van der Waals surface area contributed by atoms with E-state index in [9.17, 15) is 9.59 Å². The van der Waals surface area contributed by atoms with Crippen molar-refractivity contribution < 1.29 is 9.59 Å². The number of amides is 2. The van der Waals surface area contributed by atoms with Gasteiger partial charge in [0, 0.05) is 57.7 Å². The average Bonchev–Trinajstić information content (AvgIpc) is 3.17. The van der Waals surface area contributed by atoms with Crippen LogP contribution < -0.4 is 15.5 Å². The zero-order chi connectivity index (χ0) is 23.5. The van der Waals surface area contributed by atoms with Crippen molar-refractivity contribution >= 4 is 23.2 Å². The standard InChI is InChI=1S/C26H35N5O2/c1-18-5-7-22(15-19(18)2)28-26(33)25(32)27-17-24(31-13-11-29(3)12-14-31)20-6-8-23-21(16-20)9-10-30(23)4/h5-8,15-16,24H,9-14,17H2,1-4H3,(H,27,32)(H,28,33). The second kappa shape index (κ2) is 9.93. The van der Waals surface area contributed by atoms with Gasteiger partial charge in [-0.05, 0) is 67.8 Å². The Balaban J connectivity index is 1.45. The normalized spacial score (nSPS) is 17.5. The first kappa shape index (κ1) is 23.3. The maximum absolute atomic E-state index is 12.6. The van der Waals surface area contributed by atoms with Gasteiger partial charge >= 0.3 is 11.8 Å². The fraction of sp³-hybridized carbons (Fsp3) is 0.462. The van der Waals surface area contributed by atoms with Crippen LogP contribution in [-0.4, -0.2) is 75.0 Å². The van der Waals surface area contributed by atoms with Crippen molar-refractivity contribution in [1.82, 2.24) is 15.1 Å². The maximum atomic E-state index is 12.6. The summed E-state index contributed by atoms with van der Waals surface area (Å²) in [5, 5.41) is 5.62. The number of nitrogens with zero attached hydrogens (tertiary/aromatic N) is 3. The Labute approximate surface area is 196 Å². The van der Waals surface area contributed by atoms with Crippen molar-refractivity contribution in [2.75, 3.05) is 63.6 Å². The van der Waals surface area contributed by atoms with Gasteiger partial charge in [-0.2, -0.15) is 0 Å². The molecule has 2 aromatic carbocycles. The third-order valence-corrected chi connectivity index (χ3v) is 7.02. The molecule has 176 valence electrons. The Hall–Kier alpha value is -2.90. The average molecular weight is 450 g/mol. The number of rotatable bonds is 5. The van der Waals surface area contributed by atoms with Crippen LogP contribution in [0.15, 0.2) is 36.4 Å². The Morgan fingerprint density at radius 2 is 1.67 bits per heavy atom. The Kier molecular flexibility index (Phi) is 7.00. The quantitative estimate of drug-likeness (QED) is 0.686. The molecule has 2 aliphatic rings. The highest BCUT2D eigenvalue weighted by Crippen LogP contribution is 2.31. The summed E-state index contributed by atoms with van der Waals surface area (Å²) in [6, 6.07) is 12.3. The van der Waals surface area contributed by atoms with E-state index in [4.69, 9.17) is 0 Å². The summed E-state index contributed by atoms with van der Waals surface area (Å²) in [6.07, 6.45) is 1.04. The lowest BCUT2D eigenvalue weighted by molar-refractivity contribution is -0.136. The molecule has 0 saturated carbocycles. The molecule has 1 fully saturated rings. The minimum absolute atomic E-state index is 0.0354. The first-order chi connectivity index (χ1) is 15.8. The lowest BCUT2D eigenvalue weighted by Gasteiger charge is -2.38. The summed E-state index contributed by atoms with van der Waals surface area (Å²) >= 11 is 0. The van der Waals surface area contributed by atoms with Crippen LogP contribution in [0.4, 0.5) is 11.4 Å². The van der Waals surface area contributed by atoms with E-state index in [1.54, 1.807) is 0 Å². The molecule has 0 aliphatic carbocycles. The molecule has 2 heterocycles. The summed E-state index contributed by atoms with van der Waals surface area (Å²) in [6.45, 7) is 9.29. The molecule has 7 heteroatoms. The lowest BCUT2D eigenvalue weighted by Crippen LogP contribution is -2.49. The smallest absolute Gasteiger partial charge is 0.313 e. The van der Waals surface area contributed by atoms with Crippen molar-refractivity contribution in [2.45, 2.75) is 26.3 Å². The van der Waals surface area contributed by atoms with Gasteiger partial charge < -0.3 is 20.4 Å². The van der Waals surface area contributed by atoms with Crippen molar-refractivity contribution in [2.24, 2.45) is 0 Å². The van der Waals surface area contributed by atoms with E-state index in [1.165, 1.54) is 16.8 Å². The van der Waals surface area contributed by atoms with E-state index >= 15 is 0 Å². The number of likely N-dealkylation sites (N-methyl/N-ethyl adjacent to an activating group) is 2. The minimum atomic E-state index is -0.633. The molecule has 2 aromatic rings. The number of piperazine rings is 1. The molecule has 0 bridgehead atoms. The zero-order valence-electron chi connectivity index (χ0n) is 20.1. The number of carbonyl (C=O) groups excluding carboxylic acids is 2. The van der Waals surface area contributed by atoms with Crippen LogP contribution >= 0.6 is 0 Å². The molecule has 0 radical (unpaired) electrons. The minimum Gasteiger partial charge on any atom is -0.374 e. The van der Waals surface area contributed by atoms with Crippen molar-refractivity contribution in [3.8, 4) is 0 Å². The van der Waals surface area contributed by atoms with Crippen LogP contribution in [0.2, 0.25) is 0 Å². The lowest BCUT2D eigenvalue weighted by atomic mass is 10.00. The van der Waals surface area contributed by atoms with Gasteiger partial charge in [0.1, 0.15) is 0 Å². The number of aryl methyl sites for hydroxylation is 2. The number of anilines is 2. The molecule has 33 heavy (non-hydrogen) atoms. The number of hydrogen-bond acceptors (Lipinski definition) is 5. The highest BCUT2D eigenvalue weighted by Gasteiger charge is 2.27. The van der Waals surface area contributed by atoms with Crippen LogP contribution in [-0.2, 0) is 16.0 Å². The second-order valence-electron chi connectivity index (χ2n) is 9.38. The molecule has 4 rings (SSSR count). The molecular weight excluding hydrogens is 414 g/mol. The summed E-state index contributed by atoms with van der Waals surface area (Å²) in [4.78, 5) is 32.2. The Morgan fingerprint density at radius 3 is 2.39 bits per heavy atom. The topological polar surface area (TPSA) is 67.9 Å². The van der Waals surface area contributed by atoms with Gasteiger partial charge in [-0.1, -0.05) is 18.2 Å². The van der Waals surface area contributed by atoms with E-state index in [1.807, 2.05) is 32.0 Å². The summed E-state index contributed by atoms with van der Waals surface area (Å²) in [5.41, 5.74) is 6.69. The van der Waals surface area contributed by atoms with Crippen LogP contribution in [0.1, 0.15) is 28.3 Å². The predicted molar refractivity (Wildman–Crippen MR) is 133 cm³/mol. The van der Waals surface area contributed by atoms with Gasteiger partial charge in [-0.25, -0.2) is 0 Å². The fourth-order valence-corrected chi connectivity index (χ4v) is 4.66. The van der Waals surface area contributed by atoms with Crippen LogP contribution in [0, 0.1) is 13.8 Å². The number of nitrogens with one attached hydrogen (secondary N) is 2. The van der Waals surface area contributed by atoms with Gasteiger partial charge in [0.15, 0.2) is 0 Å².